The fraction of sp³-hybridized carbons (Fsp3) is 0.0741. The second-order valence-electron chi connectivity index (χ2n) is 7.60. The van der Waals surface area contributed by atoms with Gasteiger partial charge in [-0.15, -0.1) is 0 Å². The van der Waals surface area contributed by atoms with E-state index in [9.17, 15) is 8.42 Å². The molecule has 1 heterocycles. The highest BCUT2D eigenvalue weighted by molar-refractivity contribution is 7.92. The first-order chi connectivity index (χ1) is 15.9. The van der Waals surface area contributed by atoms with E-state index in [-0.39, 0.29) is 4.90 Å². The van der Waals surface area contributed by atoms with Crippen LogP contribution in [-0.4, -0.2) is 13.4 Å². The zero-order valence-electron chi connectivity index (χ0n) is 18.1. The topological polar surface area (TPSA) is 59.1 Å². The number of sulfonamides is 1. The van der Waals surface area contributed by atoms with E-state index in [1.807, 2.05) is 67.6 Å². The van der Waals surface area contributed by atoms with Gasteiger partial charge in [-0.2, -0.15) is 0 Å². The summed E-state index contributed by atoms with van der Waals surface area (Å²) in [5.74, 6) is 0. The van der Waals surface area contributed by atoms with Crippen LogP contribution in [0.3, 0.4) is 0 Å². The van der Waals surface area contributed by atoms with Gasteiger partial charge in [-0.3, -0.25) is 9.71 Å². The van der Waals surface area contributed by atoms with E-state index in [0.29, 0.717) is 17.1 Å². The van der Waals surface area contributed by atoms with Crippen molar-refractivity contribution in [1.82, 2.24) is 4.98 Å². The summed E-state index contributed by atoms with van der Waals surface area (Å²) in [4.78, 5) is 4.67. The molecule has 0 radical (unpaired) electrons. The molecular weight excluding hydrogens is 452 g/mol. The number of hydrogen-bond donors (Lipinski definition) is 1. The van der Waals surface area contributed by atoms with Gasteiger partial charge in [0.25, 0.3) is 10.0 Å². The molecule has 0 aliphatic heterocycles. The first kappa shape index (κ1) is 22.8. The number of hydrogen-bond acceptors (Lipinski definition) is 3. The summed E-state index contributed by atoms with van der Waals surface area (Å²) in [6.45, 7) is 1.92. The molecule has 33 heavy (non-hydrogen) atoms. The standard InChI is InChI=1S/C27H23ClN2O2S/c1-20-15-17-23(18-16-20)33(31,32)30-25-13-3-2-8-21(25)9-6-10-22-11-7-12-24(28)27(22)26-14-4-5-19-29-26/h2-9,11-19,30H,10H2,1H3/b9-6+. The largest absolute Gasteiger partial charge is 0.279 e. The van der Waals surface area contributed by atoms with Crippen molar-refractivity contribution in [3.8, 4) is 11.3 Å². The minimum absolute atomic E-state index is 0.228. The first-order valence-electron chi connectivity index (χ1n) is 10.5. The SMILES string of the molecule is Cc1ccc(S(=O)(=O)Nc2ccccc2/C=C/Cc2cccc(Cl)c2-c2ccccn2)cc1. The van der Waals surface area contributed by atoms with Crippen molar-refractivity contribution < 1.29 is 8.42 Å². The van der Waals surface area contributed by atoms with Crippen molar-refractivity contribution in [2.24, 2.45) is 0 Å². The van der Waals surface area contributed by atoms with E-state index >= 15 is 0 Å². The van der Waals surface area contributed by atoms with Crippen molar-refractivity contribution in [3.63, 3.8) is 0 Å². The molecule has 0 atom stereocenters. The van der Waals surface area contributed by atoms with Gasteiger partial charge in [-0.1, -0.05) is 77.8 Å². The molecule has 0 unspecified atom stereocenters. The van der Waals surface area contributed by atoms with E-state index in [1.165, 1.54) is 0 Å². The third-order valence-electron chi connectivity index (χ3n) is 5.19. The first-order valence-corrected chi connectivity index (χ1v) is 12.3. The van der Waals surface area contributed by atoms with Crippen molar-refractivity contribution in [3.05, 3.63) is 119 Å². The van der Waals surface area contributed by atoms with Crippen molar-refractivity contribution in [2.45, 2.75) is 18.2 Å². The molecule has 0 amide bonds. The summed E-state index contributed by atoms with van der Waals surface area (Å²) in [5.41, 5.74) is 5.05. The van der Waals surface area contributed by atoms with Crippen LogP contribution in [0.2, 0.25) is 5.02 Å². The average molecular weight is 475 g/mol. The maximum atomic E-state index is 12.8. The Bertz CT molecular complexity index is 1380. The lowest BCUT2D eigenvalue weighted by atomic mass is 10.0. The molecule has 6 heteroatoms. The van der Waals surface area contributed by atoms with E-state index in [4.69, 9.17) is 11.6 Å². The molecule has 3 aromatic carbocycles. The molecule has 0 fully saturated rings. The Morgan fingerprint density at radius 2 is 1.67 bits per heavy atom. The van der Waals surface area contributed by atoms with Crippen LogP contribution in [0.15, 0.2) is 102 Å². The van der Waals surface area contributed by atoms with Gasteiger partial charge < -0.3 is 0 Å². The molecule has 0 aliphatic carbocycles. The molecule has 4 rings (SSSR count). The van der Waals surface area contributed by atoms with Crippen LogP contribution in [0.5, 0.6) is 0 Å². The molecule has 0 saturated heterocycles. The van der Waals surface area contributed by atoms with Crippen LogP contribution in [-0.2, 0) is 16.4 Å². The zero-order chi connectivity index (χ0) is 23.3. The molecule has 4 aromatic rings. The van der Waals surface area contributed by atoms with Crippen molar-refractivity contribution in [2.75, 3.05) is 4.72 Å². The van der Waals surface area contributed by atoms with Gasteiger partial charge in [0.1, 0.15) is 0 Å². The number of allylic oxidation sites excluding steroid dienone is 1. The van der Waals surface area contributed by atoms with Gasteiger partial charge in [0.15, 0.2) is 0 Å². The third kappa shape index (κ3) is 5.51. The number of rotatable bonds is 7. The van der Waals surface area contributed by atoms with Crippen LogP contribution in [0.4, 0.5) is 5.69 Å². The van der Waals surface area contributed by atoms with Gasteiger partial charge in [0, 0.05) is 11.8 Å². The fourth-order valence-corrected chi connectivity index (χ4v) is 4.88. The van der Waals surface area contributed by atoms with Gasteiger partial charge >= 0.3 is 0 Å². The molecule has 0 saturated carbocycles. The van der Waals surface area contributed by atoms with E-state index < -0.39 is 10.0 Å². The Kier molecular flexibility index (Phi) is 6.92. The highest BCUT2D eigenvalue weighted by Crippen LogP contribution is 2.31. The van der Waals surface area contributed by atoms with Crippen LogP contribution in [0.1, 0.15) is 16.7 Å². The summed E-state index contributed by atoms with van der Waals surface area (Å²) in [6.07, 6.45) is 6.27. The Hall–Kier alpha value is -3.41. The number of benzene rings is 3. The quantitative estimate of drug-likeness (QED) is 0.321. The van der Waals surface area contributed by atoms with Crippen LogP contribution in [0, 0.1) is 6.92 Å². The molecule has 166 valence electrons. The predicted molar refractivity (Wildman–Crippen MR) is 136 cm³/mol. The number of para-hydroxylation sites is 1. The Labute approximate surface area is 199 Å². The molecule has 1 aromatic heterocycles. The van der Waals surface area contributed by atoms with E-state index in [2.05, 4.69) is 9.71 Å². The average Bonchev–Trinajstić information content (AvgIpc) is 2.81. The highest BCUT2D eigenvalue weighted by atomic mass is 35.5. The molecule has 0 spiro atoms. The summed E-state index contributed by atoms with van der Waals surface area (Å²) in [7, 11) is -3.69. The minimum atomic E-state index is -3.69. The monoisotopic (exact) mass is 474 g/mol. The van der Waals surface area contributed by atoms with Gasteiger partial charge in [-0.25, -0.2) is 8.42 Å². The molecule has 4 nitrogen and oxygen atoms in total. The lowest BCUT2D eigenvalue weighted by molar-refractivity contribution is 0.601. The van der Waals surface area contributed by atoms with Gasteiger partial charge in [0.05, 0.1) is 21.3 Å². The smallest absolute Gasteiger partial charge is 0.261 e. The summed E-state index contributed by atoms with van der Waals surface area (Å²) in [5, 5.41) is 0.644. The Morgan fingerprint density at radius 3 is 2.42 bits per heavy atom. The van der Waals surface area contributed by atoms with E-state index in [1.54, 1.807) is 42.6 Å². The number of pyridine rings is 1. The second kappa shape index (κ2) is 10.0. The Balaban J connectivity index is 1.58. The second-order valence-corrected chi connectivity index (χ2v) is 9.69. The molecule has 0 aliphatic rings. The van der Waals surface area contributed by atoms with E-state index in [0.717, 1.165) is 27.9 Å². The lowest BCUT2D eigenvalue weighted by Crippen LogP contribution is -2.13. The normalized spacial score (nSPS) is 11.6. The number of anilines is 1. The number of halogens is 1. The number of nitrogens with zero attached hydrogens (tertiary/aromatic N) is 1. The number of aromatic nitrogens is 1. The highest BCUT2D eigenvalue weighted by Gasteiger charge is 2.15. The number of aryl methyl sites for hydroxylation is 1. The lowest BCUT2D eigenvalue weighted by Gasteiger charge is -2.11. The predicted octanol–water partition coefficient (Wildman–Crippen LogP) is 6.77. The summed E-state index contributed by atoms with van der Waals surface area (Å²) >= 11 is 6.48. The summed E-state index contributed by atoms with van der Waals surface area (Å²) in [6, 6.07) is 25.6. The number of nitrogens with one attached hydrogen (secondary N) is 1. The van der Waals surface area contributed by atoms with Crippen LogP contribution >= 0.6 is 11.6 Å². The van der Waals surface area contributed by atoms with Crippen molar-refractivity contribution >= 4 is 33.4 Å². The van der Waals surface area contributed by atoms with Crippen LogP contribution in [0.25, 0.3) is 17.3 Å². The minimum Gasteiger partial charge on any atom is -0.279 e. The maximum absolute atomic E-state index is 12.8. The molecule has 0 bridgehead atoms. The zero-order valence-corrected chi connectivity index (χ0v) is 19.6. The molecule has 1 N–H and O–H groups in total. The maximum Gasteiger partial charge on any atom is 0.261 e. The van der Waals surface area contributed by atoms with Crippen LogP contribution < -0.4 is 4.72 Å². The van der Waals surface area contributed by atoms with Crippen molar-refractivity contribution in [1.29, 1.82) is 0 Å². The molecular formula is C27H23ClN2O2S. The third-order valence-corrected chi connectivity index (χ3v) is 6.89. The Morgan fingerprint density at radius 1 is 0.909 bits per heavy atom. The van der Waals surface area contributed by atoms with Gasteiger partial charge in [0.2, 0.25) is 0 Å². The summed E-state index contributed by atoms with van der Waals surface area (Å²) < 4.78 is 28.4. The van der Waals surface area contributed by atoms with Gasteiger partial charge in [-0.05, 0) is 60.9 Å². The fourth-order valence-electron chi connectivity index (χ4n) is 3.51.